The molecule has 0 aromatic carbocycles. The molecule has 0 aliphatic carbocycles. The smallest absolute Gasteiger partial charge is 0.322 e. The van der Waals surface area contributed by atoms with Crippen LogP contribution in [0.15, 0.2) is 49.1 Å². The highest BCUT2D eigenvalue weighted by molar-refractivity contribution is 5.92. The third-order valence-corrected chi connectivity index (χ3v) is 8.83. The number of nitrogens with two attached hydrogens (primary N) is 1. The van der Waals surface area contributed by atoms with Crippen molar-refractivity contribution >= 4 is 41.4 Å². The molecule has 5 unspecified atom stereocenters. The van der Waals surface area contributed by atoms with Crippen molar-refractivity contribution in [3.63, 3.8) is 0 Å². The highest BCUT2D eigenvalue weighted by atomic mass is 16.4. The number of carbonyl (C=O) groups excluding carboxylic acids is 6. The van der Waals surface area contributed by atoms with Gasteiger partial charge in [-0.3, -0.25) is 33.6 Å². The number of carboxylic acids is 1. The van der Waals surface area contributed by atoms with Crippen molar-refractivity contribution in [2.75, 3.05) is 45.8 Å². The topological polar surface area (TPSA) is 277 Å². The third kappa shape index (κ3) is 16.0. The fraction of sp³-hybridized carbons (Fsp3) is 0.571. The normalized spacial score (nSPS) is 17.8. The number of nitrogens with one attached hydrogen (secondary N) is 9. The maximum absolute atomic E-state index is 12.7. The first-order chi connectivity index (χ1) is 25.5. The van der Waals surface area contributed by atoms with Crippen molar-refractivity contribution < 1.29 is 38.7 Å². The van der Waals surface area contributed by atoms with Gasteiger partial charge in [0, 0.05) is 41.8 Å². The lowest BCUT2D eigenvalue weighted by molar-refractivity contribution is -0.136. The molecule has 0 bridgehead atoms. The van der Waals surface area contributed by atoms with Crippen LogP contribution in [0.4, 0.5) is 0 Å². The van der Waals surface area contributed by atoms with Gasteiger partial charge < -0.3 is 63.6 Å². The summed E-state index contributed by atoms with van der Waals surface area (Å²) in [5.74, 6) is -4.32. The minimum Gasteiger partial charge on any atom is -0.480 e. The molecule has 12 N–H and O–H groups in total. The van der Waals surface area contributed by atoms with Crippen LogP contribution >= 0.6 is 0 Å². The lowest BCUT2D eigenvalue weighted by atomic mass is 10.1. The first kappa shape index (κ1) is 44.6. The first-order valence-electron chi connectivity index (χ1n) is 17.9. The van der Waals surface area contributed by atoms with Gasteiger partial charge in [-0.15, -0.1) is 0 Å². The van der Waals surface area contributed by atoms with Crippen LogP contribution < -0.4 is 53.6 Å². The highest BCUT2D eigenvalue weighted by Crippen LogP contribution is 2.25. The van der Waals surface area contributed by atoms with Gasteiger partial charge in [-0.2, -0.15) is 0 Å². The monoisotopic (exact) mass is 759 g/mol. The Kier molecular flexibility index (Phi) is 18.5. The number of aliphatic carboxylic acids is 1. The molecule has 2 saturated heterocycles. The van der Waals surface area contributed by atoms with Gasteiger partial charge in [0.2, 0.25) is 35.4 Å². The average molecular weight is 760 g/mol. The Hall–Kier alpha value is -5.59. The summed E-state index contributed by atoms with van der Waals surface area (Å²) in [5, 5.41) is 33.7. The van der Waals surface area contributed by atoms with Gasteiger partial charge in [0.05, 0.1) is 38.3 Å². The molecule has 6 amide bonds. The van der Waals surface area contributed by atoms with E-state index in [2.05, 4.69) is 74.2 Å². The summed E-state index contributed by atoms with van der Waals surface area (Å²) in [6.07, 6.45) is 3.63. The predicted molar refractivity (Wildman–Crippen MR) is 201 cm³/mol. The molecule has 2 heterocycles. The maximum Gasteiger partial charge on any atom is 0.322 e. The molecule has 0 aromatic rings. The zero-order valence-electron chi connectivity index (χ0n) is 31.2. The summed E-state index contributed by atoms with van der Waals surface area (Å²) >= 11 is 0. The Labute approximate surface area is 315 Å². The maximum atomic E-state index is 12.7. The van der Waals surface area contributed by atoms with E-state index in [1.165, 1.54) is 13.8 Å². The molecule has 0 saturated carbocycles. The Balaban J connectivity index is 1.72. The zero-order chi connectivity index (χ0) is 40.4. The van der Waals surface area contributed by atoms with Crippen molar-refractivity contribution in [2.24, 2.45) is 5.73 Å². The molecule has 0 spiro atoms. The van der Waals surface area contributed by atoms with Crippen molar-refractivity contribution in [1.29, 1.82) is 0 Å². The number of likely N-dealkylation sites (tertiary alicyclic amines) is 1. The fourth-order valence-electron chi connectivity index (χ4n) is 5.78. The standard InChI is InChI=1S/C35H57N11O8/c1-20(46-14-8-10-28(46)23(4)40-19-33(51)52)15-41-34(53)24(5)44-31(49)18-42-35(54)25(6)43-30(48)16-39-22(3)27(11-12-29(36)47)45-32(50)17-38-21(2)26-9-7-13-37-26/h24-28,37-40H,1-4,7-19H2,5-6H3,(H2,36,47)(H,41,53)(H,42,54)(H,43,48)(H,44,49)(H,45,50)(H,51,52). The van der Waals surface area contributed by atoms with Gasteiger partial charge in [-0.1, -0.05) is 26.3 Å². The third-order valence-electron chi connectivity index (χ3n) is 8.83. The Morgan fingerprint density at radius 1 is 0.741 bits per heavy atom. The number of hydrogen-bond donors (Lipinski definition) is 11. The van der Waals surface area contributed by atoms with E-state index in [4.69, 9.17) is 10.8 Å². The summed E-state index contributed by atoms with van der Waals surface area (Å²) in [7, 11) is 0. The van der Waals surface area contributed by atoms with Crippen LogP contribution in [-0.2, 0) is 33.6 Å². The van der Waals surface area contributed by atoms with E-state index < -0.39 is 60.2 Å². The number of nitrogens with zero attached hydrogens (tertiary/aromatic N) is 1. The van der Waals surface area contributed by atoms with Gasteiger partial charge in [0.25, 0.3) is 0 Å². The van der Waals surface area contributed by atoms with Crippen molar-refractivity contribution in [2.45, 2.75) is 82.6 Å². The van der Waals surface area contributed by atoms with Crippen LogP contribution in [0.3, 0.4) is 0 Å². The molecule has 300 valence electrons. The molecule has 2 aliphatic heterocycles. The van der Waals surface area contributed by atoms with Crippen LogP contribution in [0.1, 0.15) is 52.4 Å². The molecule has 19 nitrogen and oxygen atoms in total. The molecule has 19 heteroatoms. The molecule has 2 aliphatic rings. The van der Waals surface area contributed by atoms with E-state index in [1.807, 2.05) is 4.90 Å². The van der Waals surface area contributed by atoms with Crippen LogP contribution in [0.2, 0.25) is 0 Å². The van der Waals surface area contributed by atoms with Gasteiger partial charge >= 0.3 is 5.97 Å². The summed E-state index contributed by atoms with van der Waals surface area (Å²) in [5.41, 5.74) is 7.40. The van der Waals surface area contributed by atoms with Crippen LogP contribution in [-0.4, -0.2) is 127 Å². The van der Waals surface area contributed by atoms with E-state index in [-0.39, 0.29) is 62.7 Å². The van der Waals surface area contributed by atoms with E-state index in [1.54, 1.807) is 0 Å². The summed E-state index contributed by atoms with van der Waals surface area (Å²) < 4.78 is 0. The number of hydrogen-bond acceptors (Lipinski definition) is 12. The zero-order valence-corrected chi connectivity index (χ0v) is 31.2. The van der Waals surface area contributed by atoms with Crippen LogP contribution in [0.5, 0.6) is 0 Å². The molecule has 2 fully saturated rings. The molecule has 5 atom stereocenters. The van der Waals surface area contributed by atoms with Crippen LogP contribution in [0, 0.1) is 0 Å². The quantitative estimate of drug-likeness (QED) is 0.0447. The van der Waals surface area contributed by atoms with Crippen molar-refractivity contribution in [1.82, 2.24) is 52.8 Å². The predicted octanol–water partition coefficient (Wildman–Crippen LogP) is -2.90. The Morgan fingerprint density at radius 3 is 1.87 bits per heavy atom. The fourth-order valence-corrected chi connectivity index (χ4v) is 5.78. The van der Waals surface area contributed by atoms with Crippen molar-refractivity contribution in [3.05, 3.63) is 49.1 Å². The minimum absolute atomic E-state index is 0.0409. The lowest BCUT2D eigenvalue weighted by Crippen LogP contribution is -2.52. The number of amides is 6. The van der Waals surface area contributed by atoms with E-state index >= 15 is 0 Å². The van der Waals surface area contributed by atoms with E-state index in [0.717, 1.165) is 32.2 Å². The Morgan fingerprint density at radius 2 is 1.30 bits per heavy atom. The van der Waals surface area contributed by atoms with E-state index in [9.17, 15) is 33.6 Å². The van der Waals surface area contributed by atoms with Gasteiger partial charge in [0.15, 0.2) is 0 Å². The second kappa shape index (κ2) is 22.5. The van der Waals surface area contributed by atoms with Gasteiger partial charge in [-0.05, 0) is 52.5 Å². The van der Waals surface area contributed by atoms with Gasteiger partial charge in [0.1, 0.15) is 18.6 Å². The molecule has 54 heavy (non-hydrogen) atoms. The number of carbonyl (C=O) groups is 7. The SMILES string of the molecule is C=C(NCC(=O)NC(CCC(N)=O)C(=C)NCC(=O)NC(C)C(=O)NCC(=O)NC(C)C(=O)NCC(=C)N1CCCC1C(=C)NCC(=O)O)C1CCCN1. The highest BCUT2D eigenvalue weighted by Gasteiger charge is 2.29. The summed E-state index contributed by atoms with van der Waals surface area (Å²) in [6.45, 7) is 19.3. The number of primary amides is 1. The summed E-state index contributed by atoms with van der Waals surface area (Å²) in [6, 6.07) is -2.78. The number of rotatable bonds is 25. The van der Waals surface area contributed by atoms with Gasteiger partial charge in [-0.25, -0.2) is 0 Å². The molecule has 2 rings (SSSR count). The Bertz CT molecular complexity index is 1450. The molecule has 0 aromatic heterocycles. The second-order valence-electron chi connectivity index (χ2n) is 13.2. The molecule has 0 radical (unpaired) electrons. The lowest BCUT2D eigenvalue weighted by Gasteiger charge is -2.30. The number of carboxylic acid groups (broad SMARTS) is 1. The second-order valence-corrected chi connectivity index (χ2v) is 13.2. The minimum atomic E-state index is -1.03. The molecular formula is C35H57N11O8. The average Bonchev–Trinajstić information content (AvgIpc) is 3.85. The molecular weight excluding hydrogens is 702 g/mol. The van der Waals surface area contributed by atoms with Crippen LogP contribution in [0.25, 0.3) is 0 Å². The summed E-state index contributed by atoms with van der Waals surface area (Å²) in [4.78, 5) is 87.1. The largest absolute Gasteiger partial charge is 0.480 e. The van der Waals surface area contributed by atoms with Crippen molar-refractivity contribution in [3.8, 4) is 0 Å². The first-order valence-corrected chi connectivity index (χ1v) is 17.9. The van der Waals surface area contributed by atoms with E-state index in [0.29, 0.717) is 23.6 Å².